The van der Waals surface area contributed by atoms with Crippen molar-refractivity contribution >= 4 is 5.91 Å². The molecular formula is C20H30N4O2. The monoisotopic (exact) mass is 358 g/mol. The Morgan fingerprint density at radius 2 is 2.00 bits per heavy atom. The van der Waals surface area contributed by atoms with E-state index in [9.17, 15) is 4.79 Å². The van der Waals surface area contributed by atoms with Crippen molar-refractivity contribution in [1.82, 2.24) is 19.8 Å². The highest BCUT2D eigenvalue weighted by Gasteiger charge is 2.32. The number of carbonyl (C=O) groups excluding carboxylic acids is 1. The number of nitrogens with zero attached hydrogens (tertiary/aromatic N) is 4. The van der Waals surface area contributed by atoms with Gasteiger partial charge in [-0.15, -0.1) is 0 Å². The fraction of sp³-hybridized carbons (Fsp3) is 0.750. The number of methoxy groups -OCH3 is 1. The molecule has 26 heavy (non-hydrogen) atoms. The van der Waals surface area contributed by atoms with Crippen LogP contribution >= 0.6 is 0 Å². The van der Waals surface area contributed by atoms with Gasteiger partial charge >= 0.3 is 0 Å². The lowest BCUT2D eigenvalue weighted by molar-refractivity contribution is -0.138. The van der Waals surface area contributed by atoms with Gasteiger partial charge in [-0.25, -0.2) is 9.97 Å². The Labute approximate surface area is 155 Å². The van der Waals surface area contributed by atoms with Gasteiger partial charge < -0.3 is 9.64 Å². The van der Waals surface area contributed by atoms with Crippen molar-refractivity contribution < 1.29 is 9.53 Å². The second-order valence-corrected chi connectivity index (χ2v) is 8.06. The van der Waals surface area contributed by atoms with E-state index < -0.39 is 0 Å². The largest absolute Gasteiger partial charge is 0.381 e. The lowest BCUT2D eigenvalue weighted by Gasteiger charge is -2.34. The van der Waals surface area contributed by atoms with Crippen molar-refractivity contribution in [3.8, 4) is 0 Å². The molecule has 3 heterocycles. The van der Waals surface area contributed by atoms with Gasteiger partial charge in [0, 0.05) is 44.3 Å². The first-order valence-electron chi connectivity index (χ1n) is 10.0. The van der Waals surface area contributed by atoms with Crippen molar-refractivity contribution in [2.24, 2.45) is 5.92 Å². The van der Waals surface area contributed by atoms with Crippen LogP contribution in [0.15, 0.2) is 6.20 Å². The van der Waals surface area contributed by atoms with E-state index in [1.807, 2.05) is 11.1 Å². The van der Waals surface area contributed by atoms with E-state index in [2.05, 4.69) is 16.9 Å². The molecule has 1 aromatic rings. The van der Waals surface area contributed by atoms with Crippen LogP contribution in [0.4, 0.5) is 0 Å². The maximum absolute atomic E-state index is 12.9. The van der Waals surface area contributed by atoms with E-state index in [-0.39, 0.29) is 5.92 Å². The third-order valence-corrected chi connectivity index (χ3v) is 6.44. The van der Waals surface area contributed by atoms with E-state index in [4.69, 9.17) is 9.72 Å². The van der Waals surface area contributed by atoms with Crippen molar-refractivity contribution in [2.75, 3.05) is 27.2 Å². The number of carbonyl (C=O) groups is 1. The third-order valence-electron chi connectivity index (χ3n) is 6.44. The van der Waals surface area contributed by atoms with Gasteiger partial charge in [-0.2, -0.15) is 0 Å². The minimum atomic E-state index is 0.162. The van der Waals surface area contributed by atoms with Crippen molar-refractivity contribution in [3.05, 3.63) is 23.3 Å². The average Bonchev–Trinajstić information content (AvgIpc) is 3.12. The Hall–Kier alpha value is -1.53. The molecule has 0 N–H and O–H groups in total. The molecule has 0 spiro atoms. The molecule has 2 aliphatic heterocycles. The fourth-order valence-electron chi connectivity index (χ4n) is 4.72. The predicted molar refractivity (Wildman–Crippen MR) is 98.5 cm³/mol. The summed E-state index contributed by atoms with van der Waals surface area (Å²) in [5, 5.41) is 0. The molecule has 0 aromatic carbocycles. The number of likely N-dealkylation sites (tertiary alicyclic amines) is 1. The Balaban J connectivity index is 1.41. The number of amides is 1. The molecule has 0 radical (unpaired) electrons. The molecule has 2 fully saturated rings. The molecule has 6 nitrogen and oxygen atoms in total. The second-order valence-electron chi connectivity index (χ2n) is 8.06. The summed E-state index contributed by atoms with van der Waals surface area (Å²) in [7, 11) is 3.92. The number of fused-ring (bicyclic) bond motifs is 1. The number of hydrogen-bond donors (Lipinski definition) is 0. The summed E-state index contributed by atoms with van der Waals surface area (Å²) in [5.74, 6) is 1.43. The molecule has 1 saturated heterocycles. The van der Waals surface area contributed by atoms with Crippen LogP contribution in [0.1, 0.15) is 61.6 Å². The van der Waals surface area contributed by atoms with Gasteiger partial charge in [0.2, 0.25) is 5.91 Å². The van der Waals surface area contributed by atoms with Crippen LogP contribution < -0.4 is 0 Å². The van der Waals surface area contributed by atoms with Gasteiger partial charge in [0.25, 0.3) is 0 Å². The number of ether oxygens (including phenoxy) is 1. The normalized spacial score (nSPS) is 29.6. The van der Waals surface area contributed by atoms with Crippen LogP contribution in [-0.2, 0) is 22.5 Å². The lowest BCUT2D eigenvalue weighted by atomic mass is 9.86. The quantitative estimate of drug-likeness (QED) is 0.830. The Bertz CT molecular complexity index is 657. The summed E-state index contributed by atoms with van der Waals surface area (Å²) in [4.78, 5) is 26.8. The Kier molecular flexibility index (Phi) is 5.23. The first kappa shape index (κ1) is 17.9. The van der Waals surface area contributed by atoms with Crippen LogP contribution in [0.5, 0.6) is 0 Å². The molecular weight excluding hydrogens is 328 g/mol. The van der Waals surface area contributed by atoms with Crippen LogP contribution in [0.2, 0.25) is 0 Å². The molecule has 0 unspecified atom stereocenters. The van der Waals surface area contributed by atoms with E-state index in [1.54, 1.807) is 7.11 Å². The maximum Gasteiger partial charge on any atom is 0.225 e. The average molecular weight is 358 g/mol. The molecule has 1 amide bonds. The highest BCUT2D eigenvalue weighted by Crippen LogP contribution is 2.31. The van der Waals surface area contributed by atoms with E-state index in [0.29, 0.717) is 24.6 Å². The molecule has 1 atom stereocenters. The van der Waals surface area contributed by atoms with Crippen LogP contribution in [0.25, 0.3) is 0 Å². The molecule has 142 valence electrons. The minimum absolute atomic E-state index is 0.162. The third kappa shape index (κ3) is 3.49. The minimum Gasteiger partial charge on any atom is -0.381 e. The smallest absolute Gasteiger partial charge is 0.225 e. The summed E-state index contributed by atoms with van der Waals surface area (Å²) in [6, 6.07) is 0.357. The molecule has 0 bridgehead atoms. The fourth-order valence-corrected chi connectivity index (χ4v) is 4.72. The molecule has 3 aliphatic rings. The Morgan fingerprint density at radius 1 is 1.19 bits per heavy atom. The molecule has 1 saturated carbocycles. The summed E-state index contributed by atoms with van der Waals surface area (Å²) >= 11 is 0. The van der Waals surface area contributed by atoms with Gasteiger partial charge in [0.1, 0.15) is 5.82 Å². The van der Waals surface area contributed by atoms with Crippen LogP contribution in [0.3, 0.4) is 0 Å². The van der Waals surface area contributed by atoms with Crippen molar-refractivity contribution in [1.29, 1.82) is 0 Å². The number of hydrogen-bond acceptors (Lipinski definition) is 5. The first-order valence-corrected chi connectivity index (χ1v) is 10.0. The number of rotatable bonds is 3. The van der Waals surface area contributed by atoms with Crippen molar-refractivity contribution in [2.45, 2.75) is 63.6 Å². The summed E-state index contributed by atoms with van der Waals surface area (Å²) in [6.07, 6.45) is 9.40. The predicted octanol–water partition coefficient (Wildman–Crippen LogP) is 2.33. The van der Waals surface area contributed by atoms with E-state index in [1.165, 1.54) is 6.42 Å². The SMILES string of the molecule is COC1CCC(C(=O)N2CCc3nc([C@H]4CCCN4C)ncc3C2)CC1. The van der Waals surface area contributed by atoms with E-state index >= 15 is 0 Å². The molecule has 4 rings (SSSR count). The summed E-state index contributed by atoms with van der Waals surface area (Å²) < 4.78 is 5.43. The van der Waals surface area contributed by atoms with Crippen LogP contribution in [0, 0.1) is 5.92 Å². The highest BCUT2D eigenvalue weighted by molar-refractivity contribution is 5.79. The van der Waals surface area contributed by atoms with Gasteiger partial charge in [-0.1, -0.05) is 0 Å². The van der Waals surface area contributed by atoms with Gasteiger partial charge in [-0.05, 0) is 52.1 Å². The van der Waals surface area contributed by atoms with Gasteiger partial charge in [-0.3, -0.25) is 9.69 Å². The molecule has 1 aliphatic carbocycles. The zero-order valence-electron chi connectivity index (χ0n) is 16.0. The summed E-state index contributed by atoms with van der Waals surface area (Å²) in [5.41, 5.74) is 2.27. The lowest BCUT2D eigenvalue weighted by Crippen LogP contribution is -2.41. The van der Waals surface area contributed by atoms with Crippen molar-refractivity contribution in [3.63, 3.8) is 0 Å². The molecule has 6 heteroatoms. The topological polar surface area (TPSA) is 58.6 Å². The van der Waals surface area contributed by atoms with Gasteiger partial charge in [0.15, 0.2) is 0 Å². The zero-order valence-corrected chi connectivity index (χ0v) is 16.0. The Morgan fingerprint density at radius 3 is 2.69 bits per heavy atom. The zero-order chi connectivity index (χ0) is 18.1. The number of aromatic nitrogens is 2. The van der Waals surface area contributed by atoms with Gasteiger partial charge in [0.05, 0.1) is 17.8 Å². The van der Waals surface area contributed by atoms with Crippen LogP contribution in [-0.4, -0.2) is 59.0 Å². The standard InChI is InChI=1S/C20H30N4O2/c1-23-10-3-4-18(23)19-21-12-15-13-24(11-9-17(15)22-19)20(25)14-5-7-16(26-2)8-6-14/h12,14,16,18H,3-11,13H2,1-2H3/t14?,16?,18-/m1/s1. The summed E-state index contributed by atoms with van der Waals surface area (Å²) in [6.45, 7) is 2.57. The molecule has 1 aromatic heterocycles. The highest BCUT2D eigenvalue weighted by atomic mass is 16.5. The first-order chi connectivity index (χ1) is 12.7. The maximum atomic E-state index is 12.9. The second kappa shape index (κ2) is 7.61. The van der Waals surface area contributed by atoms with E-state index in [0.717, 1.165) is 68.7 Å².